The van der Waals surface area contributed by atoms with Crippen molar-refractivity contribution in [2.45, 2.75) is 5.41 Å². The topological polar surface area (TPSA) is 21.3 Å². The Balaban J connectivity index is 1.13. The molecule has 0 spiro atoms. The molecule has 0 unspecified atom stereocenters. The number of furan rings is 1. The highest BCUT2D eigenvalue weighted by molar-refractivity contribution is 6.11. The number of anilines is 3. The fourth-order valence-corrected chi connectivity index (χ4v) is 9.83. The average Bonchev–Trinajstić information content (AvgIpc) is 3.93. The van der Waals surface area contributed by atoms with Crippen LogP contribution in [0.2, 0.25) is 0 Å². The van der Waals surface area contributed by atoms with E-state index >= 15 is 0 Å². The Morgan fingerprint density at radius 2 is 0.897 bits per heavy atom. The van der Waals surface area contributed by atoms with Crippen molar-refractivity contribution in [1.29, 1.82) is 0 Å². The summed E-state index contributed by atoms with van der Waals surface area (Å²) in [6.45, 7) is 0. The molecule has 3 heteroatoms. The first-order chi connectivity index (χ1) is 28.8. The van der Waals surface area contributed by atoms with Crippen LogP contribution in [0, 0.1) is 0 Å². The molecule has 0 fully saturated rings. The molecule has 0 bridgehead atoms. The fourth-order valence-electron chi connectivity index (χ4n) is 9.83. The number of nitrogens with zero attached hydrogens (tertiary/aromatic N) is 2. The second-order valence-corrected chi connectivity index (χ2v) is 15.3. The van der Waals surface area contributed by atoms with E-state index in [0.29, 0.717) is 0 Å². The van der Waals surface area contributed by atoms with Crippen LogP contribution in [0.4, 0.5) is 17.1 Å². The molecule has 0 radical (unpaired) electrons. The molecule has 11 aromatic rings. The Morgan fingerprint density at radius 1 is 0.362 bits per heavy atom. The molecule has 2 aromatic heterocycles. The molecule has 2 heterocycles. The predicted molar refractivity (Wildman–Crippen MR) is 240 cm³/mol. The van der Waals surface area contributed by atoms with Gasteiger partial charge in [-0.15, -0.1) is 0 Å². The summed E-state index contributed by atoms with van der Waals surface area (Å²) in [4.78, 5) is 2.40. The summed E-state index contributed by atoms with van der Waals surface area (Å²) in [6, 6.07) is 79.3. The van der Waals surface area contributed by atoms with Crippen molar-refractivity contribution < 1.29 is 4.42 Å². The van der Waals surface area contributed by atoms with Crippen LogP contribution in [0.25, 0.3) is 60.6 Å². The van der Waals surface area contributed by atoms with Crippen molar-refractivity contribution in [1.82, 2.24) is 4.57 Å². The van der Waals surface area contributed by atoms with Gasteiger partial charge in [-0.1, -0.05) is 152 Å². The van der Waals surface area contributed by atoms with Gasteiger partial charge in [0.15, 0.2) is 0 Å². The molecule has 0 N–H and O–H groups in total. The Labute approximate surface area is 336 Å². The van der Waals surface area contributed by atoms with E-state index in [1.54, 1.807) is 0 Å². The smallest absolute Gasteiger partial charge is 0.137 e. The standard InChI is InChI=1S/C55H36N2O/c1-4-16-37(17-5-1)55(38-18-6-2-7-19-38)49-25-13-10-22-43(49)48-34-40(30-33-50(48)55)56(42-29-32-47-46-24-12-15-27-53(46)58-54(47)36-42)41-28-31-45-44-23-11-14-26-51(44)57(52(45)35-41)39-20-8-3-9-21-39/h1-36H. The highest BCUT2D eigenvalue weighted by Gasteiger charge is 2.46. The number of aromatic nitrogens is 1. The number of fused-ring (bicyclic) bond motifs is 9. The maximum atomic E-state index is 6.52. The van der Waals surface area contributed by atoms with Gasteiger partial charge in [0.2, 0.25) is 0 Å². The zero-order valence-corrected chi connectivity index (χ0v) is 31.6. The van der Waals surface area contributed by atoms with E-state index < -0.39 is 5.41 Å². The highest BCUT2D eigenvalue weighted by atomic mass is 16.3. The average molecular weight is 741 g/mol. The Bertz CT molecular complexity index is 3300. The molecule has 1 aliphatic carbocycles. The maximum Gasteiger partial charge on any atom is 0.137 e. The van der Waals surface area contributed by atoms with E-state index in [0.717, 1.165) is 50.2 Å². The zero-order chi connectivity index (χ0) is 38.2. The van der Waals surface area contributed by atoms with Gasteiger partial charge in [0.25, 0.3) is 0 Å². The molecular formula is C55H36N2O. The van der Waals surface area contributed by atoms with E-state index in [1.807, 2.05) is 12.1 Å². The normalized spacial score (nSPS) is 13.0. The zero-order valence-electron chi connectivity index (χ0n) is 31.6. The lowest BCUT2D eigenvalue weighted by atomic mass is 9.68. The van der Waals surface area contributed by atoms with Crippen LogP contribution in [0.15, 0.2) is 223 Å². The van der Waals surface area contributed by atoms with Gasteiger partial charge in [-0.25, -0.2) is 0 Å². The van der Waals surface area contributed by atoms with E-state index in [-0.39, 0.29) is 0 Å². The minimum absolute atomic E-state index is 0.472. The van der Waals surface area contributed by atoms with E-state index in [2.05, 4.69) is 216 Å². The van der Waals surface area contributed by atoms with Crippen LogP contribution < -0.4 is 4.90 Å². The lowest BCUT2D eigenvalue weighted by Gasteiger charge is -2.34. The molecule has 0 saturated carbocycles. The minimum Gasteiger partial charge on any atom is -0.456 e. The largest absolute Gasteiger partial charge is 0.456 e. The van der Waals surface area contributed by atoms with Crippen LogP contribution in [0.1, 0.15) is 22.3 Å². The predicted octanol–water partition coefficient (Wildman–Crippen LogP) is 14.5. The maximum absolute atomic E-state index is 6.52. The summed E-state index contributed by atoms with van der Waals surface area (Å²) in [7, 11) is 0. The molecule has 272 valence electrons. The SMILES string of the molecule is c1ccc(-n2c3ccccc3c3ccc(N(c4ccc5c(c4)-c4ccccc4C5(c4ccccc4)c4ccccc4)c4ccc5c(c4)oc4ccccc45)cc32)cc1. The van der Waals surface area contributed by atoms with Crippen LogP contribution in [-0.2, 0) is 5.41 Å². The van der Waals surface area contributed by atoms with Crippen LogP contribution >= 0.6 is 0 Å². The summed E-state index contributed by atoms with van der Waals surface area (Å²) in [5.41, 5.74) is 15.5. The third-order valence-electron chi connectivity index (χ3n) is 12.3. The molecule has 58 heavy (non-hydrogen) atoms. The molecule has 0 saturated heterocycles. The van der Waals surface area contributed by atoms with Crippen molar-refractivity contribution in [3.63, 3.8) is 0 Å². The monoisotopic (exact) mass is 740 g/mol. The van der Waals surface area contributed by atoms with Crippen molar-refractivity contribution in [2.75, 3.05) is 4.90 Å². The van der Waals surface area contributed by atoms with Gasteiger partial charge in [0.1, 0.15) is 11.2 Å². The second-order valence-electron chi connectivity index (χ2n) is 15.3. The van der Waals surface area contributed by atoms with Gasteiger partial charge >= 0.3 is 0 Å². The van der Waals surface area contributed by atoms with E-state index in [9.17, 15) is 0 Å². The number of rotatable bonds is 6. The van der Waals surface area contributed by atoms with Crippen LogP contribution in [-0.4, -0.2) is 4.57 Å². The molecule has 0 aliphatic heterocycles. The lowest BCUT2D eigenvalue weighted by Crippen LogP contribution is -2.28. The highest BCUT2D eigenvalue weighted by Crippen LogP contribution is 2.57. The number of benzene rings is 9. The molecule has 9 aromatic carbocycles. The van der Waals surface area contributed by atoms with E-state index in [1.165, 1.54) is 49.7 Å². The first-order valence-electron chi connectivity index (χ1n) is 19.9. The quantitative estimate of drug-likeness (QED) is 0.169. The van der Waals surface area contributed by atoms with Gasteiger partial charge in [-0.05, 0) is 94.0 Å². The first-order valence-corrected chi connectivity index (χ1v) is 19.9. The summed E-state index contributed by atoms with van der Waals surface area (Å²) < 4.78 is 8.91. The third-order valence-corrected chi connectivity index (χ3v) is 12.3. The summed E-state index contributed by atoms with van der Waals surface area (Å²) in [5, 5.41) is 4.68. The minimum atomic E-state index is -0.472. The van der Waals surface area contributed by atoms with Gasteiger partial charge in [0.05, 0.1) is 16.4 Å². The molecule has 1 aliphatic rings. The fraction of sp³-hybridized carbons (Fsp3) is 0.0182. The van der Waals surface area contributed by atoms with Gasteiger partial charge < -0.3 is 13.9 Å². The van der Waals surface area contributed by atoms with Crippen LogP contribution in [0.5, 0.6) is 0 Å². The van der Waals surface area contributed by atoms with Gasteiger partial charge in [0, 0.05) is 50.4 Å². The third kappa shape index (κ3) is 4.68. The summed E-state index contributed by atoms with van der Waals surface area (Å²) in [6.07, 6.45) is 0. The number of hydrogen-bond acceptors (Lipinski definition) is 2. The molecule has 0 amide bonds. The molecule has 3 nitrogen and oxygen atoms in total. The Hall–Kier alpha value is -7.62. The molecular weight excluding hydrogens is 705 g/mol. The Kier molecular flexibility index (Phi) is 7.14. The van der Waals surface area contributed by atoms with Gasteiger partial charge in [-0.2, -0.15) is 0 Å². The number of hydrogen-bond donors (Lipinski definition) is 0. The van der Waals surface area contributed by atoms with Crippen molar-refractivity contribution in [3.8, 4) is 16.8 Å². The van der Waals surface area contributed by atoms with Crippen molar-refractivity contribution in [2.24, 2.45) is 0 Å². The molecule has 12 rings (SSSR count). The van der Waals surface area contributed by atoms with E-state index in [4.69, 9.17) is 4.42 Å². The molecule has 0 atom stereocenters. The van der Waals surface area contributed by atoms with Crippen LogP contribution in [0.3, 0.4) is 0 Å². The van der Waals surface area contributed by atoms with Crippen molar-refractivity contribution >= 4 is 60.8 Å². The Morgan fingerprint density at radius 3 is 1.67 bits per heavy atom. The summed E-state index contributed by atoms with van der Waals surface area (Å²) in [5.74, 6) is 0. The number of para-hydroxylation sites is 3. The van der Waals surface area contributed by atoms with Gasteiger partial charge in [-0.3, -0.25) is 0 Å². The van der Waals surface area contributed by atoms with Crippen molar-refractivity contribution in [3.05, 3.63) is 241 Å². The first kappa shape index (κ1) is 32.6. The summed E-state index contributed by atoms with van der Waals surface area (Å²) >= 11 is 0. The second kappa shape index (κ2) is 12.7. The lowest BCUT2D eigenvalue weighted by molar-refractivity contribution is 0.669.